The minimum Gasteiger partial charge on any atom is -0.493 e. The molecule has 1 aliphatic heterocycles. The van der Waals surface area contributed by atoms with Gasteiger partial charge in [-0.1, -0.05) is 0 Å². The normalized spacial score (nSPS) is 16.4. The van der Waals surface area contributed by atoms with Crippen LogP contribution in [0.5, 0.6) is 17.2 Å². The number of benzene rings is 1. The number of amidine groups is 1. The molecule has 0 bridgehead atoms. The first-order chi connectivity index (χ1) is 13.3. The number of alkyl halides is 6. The quantitative estimate of drug-likeness (QED) is 0.688. The summed E-state index contributed by atoms with van der Waals surface area (Å²) < 4.78 is 102. The van der Waals surface area contributed by atoms with Crippen molar-refractivity contribution in [2.75, 3.05) is 35.4 Å². The summed E-state index contributed by atoms with van der Waals surface area (Å²) in [5.41, 5.74) is -5.01. The first-order valence-electron chi connectivity index (χ1n) is 7.80. The molecule has 13 heteroatoms. The van der Waals surface area contributed by atoms with Crippen molar-refractivity contribution in [3.63, 3.8) is 0 Å². The summed E-state index contributed by atoms with van der Waals surface area (Å²) >= 11 is 0. The van der Waals surface area contributed by atoms with Crippen LogP contribution >= 0.6 is 0 Å². The summed E-state index contributed by atoms with van der Waals surface area (Å²) in [5.74, 6) is -0.939. The molecule has 162 valence electrons. The third-order valence-electron chi connectivity index (χ3n) is 3.79. The Morgan fingerprint density at radius 1 is 0.862 bits per heavy atom. The van der Waals surface area contributed by atoms with E-state index in [0.29, 0.717) is 0 Å². The van der Waals surface area contributed by atoms with Gasteiger partial charge in [0.2, 0.25) is 11.6 Å². The zero-order valence-electron chi connectivity index (χ0n) is 15.9. The fourth-order valence-corrected chi connectivity index (χ4v) is 2.38. The summed E-state index contributed by atoms with van der Waals surface area (Å²) in [6.45, 7) is 0. The molecule has 1 aromatic rings. The Morgan fingerprint density at radius 2 is 1.34 bits per heavy atom. The van der Waals surface area contributed by atoms with Gasteiger partial charge in [0, 0.05) is 19.7 Å². The first kappa shape index (κ1) is 22.4. The molecule has 2 rings (SSSR count). The predicted molar refractivity (Wildman–Crippen MR) is 89.7 cm³/mol. The Hall–Kier alpha value is -2.86. The predicted octanol–water partition coefficient (Wildman–Crippen LogP) is 3.23. The van der Waals surface area contributed by atoms with Crippen LogP contribution in [0.4, 0.5) is 26.3 Å². The number of ether oxygens (including phenoxy) is 4. The molecule has 7 nitrogen and oxygen atoms in total. The van der Waals surface area contributed by atoms with E-state index in [1.165, 1.54) is 35.4 Å². The van der Waals surface area contributed by atoms with Crippen LogP contribution in [0.15, 0.2) is 22.1 Å². The lowest BCUT2D eigenvalue weighted by Gasteiger charge is -2.35. The Kier molecular flexibility index (Phi) is 5.82. The lowest BCUT2D eigenvalue weighted by atomic mass is 10.1. The molecule has 0 amide bonds. The van der Waals surface area contributed by atoms with Gasteiger partial charge >= 0.3 is 18.0 Å². The highest BCUT2D eigenvalue weighted by molar-refractivity contribution is 6.03. The third kappa shape index (κ3) is 3.85. The van der Waals surface area contributed by atoms with Crippen LogP contribution in [0.1, 0.15) is 5.56 Å². The number of nitrogens with zero attached hydrogens (tertiary/aromatic N) is 3. The van der Waals surface area contributed by atoms with Gasteiger partial charge in [-0.25, -0.2) is 4.99 Å². The van der Waals surface area contributed by atoms with Crippen molar-refractivity contribution in [1.29, 1.82) is 0 Å². The van der Waals surface area contributed by atoms with Crippen molar-refractivity contribution >= 4 is 11.9 Å². The molecule has 0 aliphatic carbocycles. The van der Waals surface area contributed by atoms with Crippen LogP contribution in [0.3, 0.4) is 0 Å². The molecule has 0 atom stereocenters. The van der Waals surface area contributed by atoms with E-state index >= 15 is 0 Å². The van der Waals surface area contributed by atoms with Crippen LogP contribution < -0.4 is 14.2 Å². The van der Waals surface area contributed by atoms with E-state index < -0.39 is 29.9 Å². The molecule has 0 N–H and O–H groups in total. The second-order valence-corrected chi connectivity index (χ2v) is 5.89. The van der Waals surface area contributed by atoms with Gasteiger partial charge in [0.15, 0.2) is 11.5 Å². The van der Waals surface area contributed by atoms with Gasteiger partial charge in [0.25, 0.3) is 6.02 Å². The number of hydrogen-bond donors (Lipinski definition) is 0. The van der Waals surface area contributed by atoms with Gasteiger partial charge in [-0.05, 0) is 12.1 Å². The molecule has 0 saturated heterocycles. The maximum absolute atomic E-state index is 13.6. The molecule has 0 unspecified atom stereocenters. The lowest BCUT2D eigenvalue weighted by molar-refractivity contribution is -0.293. The van der Waals surface area contributed by atoms with Crippen molar-refractivity contribution < 1.29 is 45.3 Å². The molecule has 0 saturated carbocycles. The summed E-state index contributed by atoms with van der Waals surface area (Å²) in [6.07, 6.45) is -11.8. The maximum Gasteiger partial charge on any atom is 0.443 e. The van der Waals surface area contributed by atoms with Crippen molar-refractivity contribution in [3.8, 4) is 17.2 Å². The van der Waals surface area contributed by atoms with E-state index in [-0.39, 0.29) is 22.8 Å². The average Bonchev–Trinajstić information content (AvgIpc) is 2.64. The molecule has 29 heavy (non-hydrogen) atoms. The zero-order valence-corrected chi connectivity index (χ0v) is 15.9. The molecule has 0 spiro atoms. The minimum absolute atomic E-state index is 0.0216. The van der Waals surface area contributed by atoms with Crippen molar-refractivity contribution in [2.24, 2.45) is 9.98 Å². The van der Waals surface area contributed by atoms with Gasteiger partial charge in [0.05, 0.1) is 21.3 Å². The summed E-state index contributed by atoms with van der Waals surface area (Å²) in [6, 6.07) is 1.28. The molecular formula is C16H17F6N3O4. The van der Waals surface area contributed by atoms with Gasteiger partial charge in [-0.3, -0.25) is 0 Å². The van der Waals surface area contributed by atoms with Crippen molar-refractivity contribution in [1.82, 2.24) is 4.90 Å². The Bertz CT molecular complexity index is 794. The standard InChI is InChI=1S/C16H17F6N3O4/c1-25(2)13-24-14(15(17,18)19,16(20,21)22)23-12(29-13)8-6-9(26-3)11(28-5)10(7-8)27-4/h6-7H,1-5H3. The van der Waals surface area contributed by atoms with Crippen LogP contribution in [-0.2, 0) is 4.74 Å². The minimum atomic E-state index is -5.89. The highest BCUT2D eigenvalue weighted by Gasteiger charge is 2.74. The largest absolute Gasteiger partial charge is 0.493 e. The van der Waals surface area contributed by atoms with E-state index in [1.807, 2.05) is 0 Å². The fourth-order valence-electron chi connectivity index (χ4n) is 2.38. The van der Waals surface area contributed by atoms with E-state index in [1.54, 1.807) is 0 Å². The molecule has 1 heterocycles. The maximum atomic E-state index is 13.6. The van der Waals surface area contributed by atoms with Gasteiger partial charge in [-0.15, -0.1) is 0 Å². The lowest BCUT2D eigenvalue weighted by Crippen LogP contribution is -2.57. The fraction of sp³-hybridized carbons (Fsp3) is 0.500. The monoisotopic (exact) mass is 429 g/mol. The Morgan fingerprint density at radius 3 is 1.69 bits per heavy atom. The van der Waals surface area contributed by atoms with Crippen LogP contribution in [0, 0.1) is 0 Å². The summed E-state index contributed by atoms with van der Waals surface area (Å²) in [7, 11) is 6.09. The summed E-state index contributed by atoms with van der Waals surface area (Å²) in [4.78, 5) is 6.45. The van der Waals surface area contributed by atoms with E-state index in [0.717, 1.165) is 17.0 Å². The molecule has 1 aliphatic rings. The Labute approximate surface area is 161 Å². The topological polar surface area (TPSA) is 64.9 Å². The van der Waals surface area contributed by atoms with Crippen LogP contribution in [0.2, 0.25) is 0 Å². The number of methoxy groups -OCH3 is 3. The van der Waals surface area contributed by atoms with Crippen molar-refractivity contribution in [2.45, 2.75) is 18.0 Å². The molecule has 1 aromatic carbocycles. The van der Waals surface area contributed by atoms with Gasteiger partial charge in [0.1, 0.15) is 0 Å². The van der Waals surface area contributed by atoms with E-state index in [4.69, 9.17) is 18.9 Å². The Balaban J connectivity index is 2.80. The number of halogens is 6. The zero-order chi connectivity index (χ0) is 22.2. The SMILES string of the molecule is COc1cc(C2=NC(C(F)(F)F)(C(F)(F)F)N=C(N(C)C)O2)cc(OC)c1OC. The number of rotatable bonds is 4. The van der Waals surface area contributed by atoms with Crippen LogP contribution in [0.25, 0.3) is 0 Å². The molecular weight excluding hydrogens is 412 g/mol. The second-order valence-electron chi connectivity index (χ2n) is 5.89. The highest BCUT2D eigenvalue weighted by Crippen LogP contribution is 2.49. The third-order valence-corrected chi connectivity index (χ3v) is 3.79. The van der Waals surface area contributed by atoms with Gasteiger partial charge < -0.3 is 23.8 Å². The van der Waals surface area contributed by atoms with E-state index in [9.17, 15) is 26.3 Å². The summed E-state index contributed by atoms with van der Waals surface area (Å²) in [5, 5.41) is 0. The molecule has 0 fully saturated rings. The smallest absolute Gasteiger partial charge is 0.443 e. The number of hydrogen-bond acceptors (Lipinski definition) is 7. The second kappa shape index (κ2) is 7.52. The van der Waals surface area contributed by atoms with Crippen LogP contribution in [-0.4, -0.2) is 70.3 Å². The molecule has 0 aromatic heterocycles. The van der Waals surface area contributed by atoms with Gasteiger partial charge in [-0.2, -0.15) is 31.3 Å². The number of aliphatic imine (C=N–C) groups is 2. The average molecular weight is 429 g/mol. The highest BCUT2D eigenvalue weighted by atomic mass is 19.4. The van der Waals surface area contributed by atoms with E-state index in [2.05, 4.69) is 9.98 Å². The van der Waals surface area contributed by atoms with Crippen molar-refractivity contribution in [3.05, 3.63) is 17.7 Å². The first-order valence-corrected chi connectivity index (χ1v) is 7.80. The molecule has 0 radical (unpaired) electrons.